The number of amides is 2. The summed E-state index contributed by atoms with van der Waals surface area (Å²) in [5.41, 5.74) is 5.52. The second-order valence-corrected chi connectivity index (χ2v) is 7.29. The number of hydrogen-bond acceptors (Lipinski definition) is 5. The van der Waals surface area contributed by atoms with Crippen LogP contribution in [0.2, 0.25) is 0 Å². The number of rotatable bonds is 4. The van der Waals surface area contributed by atoms with E-state index in [4.69, 9.17) is 0 Å². The first-order valence-electron chi connectivity index (χ1n) is 10.1. The Labute approximate surface area is 182 Å². The summed E-state index contributed by atoms with van der Waals surface area (Å²) in [7, 11) is 0. The maximum absolute atomic E-state index is 13.4. The van der Waals surface area contributed by atoms with Crippen LogP contribution in [0.5, 0.6) is 0 Å². The van der Waals surface area contributed by atoms with Gasteiger partial charge in [0.05, 0.1) is 22.2 Å². The molecule has 0 unspecified atom stereocenters. The topological polar surface area (TPSA) is 106 Å². The minimum atomic E-state index is -0.659. The molecule has 9 heteroatoms. The molecule has 0 aliphatic carbocycles. The summed E-state index contributed by atoms with van der Waals surface area (Å²) in [5.74, 6) is -1.66. The molecule has 2 aromatic heterocycles. The number of fused-ring (bicyclic) bond motifs is 2. The number of aryl methyl sites for hydroxylation is 2. The Bertz CT molecular complexity index is 1430. The normalized spacial score (nSPS) is 11.0. The quantitative estimate of drug-likeness (QED) is 0.482. The molecule has 0 radical (unpaired) electrons. The van der Waals surface area contributed by atoms with Crippen LogP contribution in [0, 0.1) is 12.7 Å². The first kappa shape index (κ1) is 21.1. The Morgan fingerprint density at radius 1 is 1.03 bits per heavy atom. The van der Waals surface area contributed by atoms with Gasteiger partial charge < -0.3 is 0 Å². The number of pyridine rings is 1. The van der Waals surface area contributed by atoms with E-state index in [1.54, 1.807) is 37.3 Å². The average Bonchev–Trinajstić information content (AvgIpc) is 2.78. The number of aromatic nitrogens is 3. The third-order valence-electron chi connectivity index (χ3n) is 5.02. The Hall–Kier alpha value is -4.14. The molecule has 0 fully saturated rings. The lowest BCUT2D eigenvalue weighted by molar-refractivity contribution is 0.0843. The second-order valence-electron chi connectivity index (χ2n) is 7.29. The fraction of sp³-hybridized carbons (Fsp3) is 0.174. The van der Waals surface area contributed by atoms with Crippen molar-refractivity contribution in [2.45, 2.75) is 26.8 Å². The Morgan fingerprint density at radius 3 is 2.50 bits per heavy atom. The van der Waals surface area contributed by atoms with E-state index in [-0.39, 0.29) is 16.8 Å². The van der Waals surface area contributed by atoms with E-state index in [1.807, 2.05) is 6.92 Å². The van der Waals surface area contributed by atoms with E-state index in [1.165, 1.54) is 22.9 Å². The van der Waals surface area contributed by atoms with Gasteiger partial charge in [-0.25, -0.2) is 9.07 Å². The zero-order chi connectivity index (χ0) is 22.8. The van der Waals surface area contributed by atoms with Crippen molar-refractivity contribution < 1.29 is 14.0 Å². The van der Waals surface area contributed by atoms with Crippen molar-refractivity contribution in [1.29, 1.82) is 0 Å². The smallest absolute Gasteiger partial charge is 0.267 e. The van der Waals surface area contributed by atoms with Gasteiger partial charge in [-0.3, -0.25) is 30.2 Å². The predicted octanol–water partition coefficient (Wildman–Crippen LogP) is 2.88. The van der Waals surface area contributed by atoms with E-state index in [0.717, 1.165) is 0 Å². The first-order chi connectivity index (χ1) is 15.4. The van der Waals surface area contributed by atoms with Crippen LogP contribution in [-0.4, -0.2) is 26.6 Å². The highest BCUT2D eigenvalue weighted by atomic mass is 19.1. The van der Waals surface area contributed by atoms with E-state index in [9.17, 15) is 18.8 Å². The molecule has 4 rings (SSSR count). The molecule has 162 valence electrons. The molecular weight excluding hydrogens is 413 g/mol. The van der Waals surface area contributed by atoms with Crippen molar-refractivity contribution in [1.82, 2.24) is 25.6 Å². The van der Waals surface area contributed by atoms with Gasteiger partial charge in [0.15, 0.2) is 5.69 Å². The summed E-state index contributed by atoms with van der Waals surface area (Å²) in [6.45, 7) is 3.88. The lowest BCUT2D eigenvalue weighted by Crippen LogP contribution is -2.43. The maximum atomic E-state index is 13.4. The van der Waals surface area contributed by atoms with Gasteiger partial charge in [0.1, 0.15) is 5.82 Å². The van der Waals surface area contributed by atoms with Gasteiger partial charge in [-0.15, -0.1) is 0 Å². The van der Waals surface area contributed by atoms with Gasteiger partial charge in [0.25, 0.3) is 17.4 Å². The molecule has 0 saturated heterocycles. The molecule has 2 aromatic carbocycles. The van der Waals surface area contributed by atoms with Crippen molar-refractivity contribution in [3.05, 3.63) is 81.7 Å². The number of hydrogen-bond donors (Lipinski definition) is 2. The lowest BCUT2D eigenvalue weighted by Gasteiger charge is -2.12. The number of carbonyl (C=O) groups excluding carboxylic acids is 2. The van der Waals surface area contributed by atoms with Crippen molar-refractivity contribution in [3.8, 4) is 0 Å². The molecule has 32 heavy (non-hydrogen) atoms. The van der Waals surface area contributed by atoms with E-state index in [0.29, 0.717) is 40.3 Å². The molecule has 0 bridgehead atoms. The summed E-state index contributed by atoms with van der Waals surface area (Å²) in [4.78, 5) is 42.4. The number of carbonyl (C=O) groups is 2. The van der Waals surface area contributed by atoms with Crippen LogP contribution in [0.3, 0.4) is 0 Å². The monoisotopic (exact) mass is 433 g/mol. The second kappa shape index (κ2) is 8.54. The molecule has 2 amide bonds. The molecule has 0 aliphatic heterocycles. The fourth-order valence-electron chi connectivity index (χ4n) is 3.47. The maximum Gasteiger partial charge on any atom is 0.290 e. The van der Waals surface area contributed by atoms with Crippen LogP contribution in [-0.2, 0) is 6.54 Å². The van der Waals surface area contributed by atoms with Crippen molar-refractivity contribution in [3.63, 3.8) is 0 Å². The number of benzene rings is 2. The standard InChI is InChI=1S/C23H20FN5O3/c1-3-10-29-23(32)17-7-5-4-6-16(17)20(28-29)22(31)27-26-21(30)18-11-14-8-9-15(24)12-19(14)25-13(18)2/h4-9,11-12H,3,10H2,1-2H3,(H,26,30)(H,27,31). The third kappa shape index (κ3) is 3.92. The molecule has 0 spiro atoms. The number of nitrogens with one attached hydrogen (secondary N) is 2. The van der Waals surface area contributed by atoms with Crippen LogP contribution in [0.1, 0.15) is 39.9 Å². The fourth-order valence-corrected chi connectivity index (χ4v) is 3.47. The minimum Gasteiger partial charge on any atom is -0.267 e. The third-order valence-corrected chi connectivity index (χ3v) is 5.02. The Kier molecular flexibility index (Phi) is 5.63. The van der Waals surface area contributed by atoms with Crippen LogP contribution in [0.25, 0.3) is 21.7 Å². The van der Waals surface area contributed by atoms with Gasteiger partial charge in [0, 0.05) is 23.4 Å². The number of halogens is 1. The summed E-state index contributed by atoms with van der Waals surface area (Å²) in [6.07, 6.45) is 0.668. The first-order valence-corrected chi connectivity index (χ1v) is 10.1. The number of nitrogens with zero attached hydrogens (tertiary/aromatic N) is 3. The van der Waals surface area contributed by atoms with E-state index in [2.05, 4.69) is 20.9 Å². The van der Waals surface area contributed by atoms with Gasteiger partial charge in [-0.05, 0) is 37.6 Å². The van der Waals surface area contributed by atoms with Crippen LogP contribution in [0.4, 0.5) is 4.39 Å². The van der Waals surface area contributed by atoms with Crippen molar-refractivity contribution in [2.24, 2.45) is 0 Å². The van der Waals surface area contributed by atoms with E-state index >= 15 is 0 Å². The van der Waals surface area contributed by atoms with Gasteiger partial charge in [0.2, 0.25) is 0 Å². The molecule has 4 aromatic rings. The Morgan fingerprint density at radius 2 is 1.75 bits per heavy atom. The van der Waals surface area contributed by atoms with Crippen LogP contribution < -0.4 is 16.4 Å². The zero-order valence-electron chi connectivity index (χ0n) is 17.5. The van der Waals surface area contributed by atoms with Crippen LogP contribution >= 0.6 is 0 Å². The van der Waals surface area contributed by atoms with Gasteiger partial charge in [-0.1, -0.05) is 25.1 Å². The molecule has 0 saturated carbocycles. The summed E-state index contributed by atoms with van der Waals surface area (Å²) in [5, 5.41) is 5.55. The zero-order valence-corrected chi connectivity index (χ0v) is 17.5. The lowest BCUT2D eigenvalue weighted by atomic mass is 10.1. The molecule has 0 atom stereocenters. The highest BCUT2D eigenvalue weighted by Crippen LogP contribution is 2.18. The van der Waals surface area contributed by atoms with Gasteiger partial charge in [-0.2, -0.15) is 5.10 Å². The highest BCUT2D eigenvalue weighted by Gasteiger charge is 2.18. The summed E-state index contributed by atoms with van der Waals surface area (Å²) in [6, 6.07) is 12.4. The summed E-state index contributed by atoms with van der Waals surface area (Å²) < 4.78 is 14.7. The Balaban J connectivity index is 1.61. The molecule has 8 nitrogen and oxygen atoms in total. The average molecular weight is 433 g/mol. The SMILES string of the molecule is CCCn1nc(C(=O)NNC(=O)c2cc3ccc(F)cc3nc2C)c2ccccc2c1=O. The molecule has 0 aliphatic rings. The number of hydrazine groups is 1. The molecular formula is C23H20FN5O3. The van der Waals surface area contributed by atoms with Crippen molar-refractivity contribution in [2.75, 3.05) is 0 Å². The van der Waals surface area contributed by atoms with Crippen molar-refractivity contribution >= 4 is 33.5 Å². The summed E-state index contributed by atoms with van der Waals surface area (Å²) >= 11 is 0. The minimum absolute atomic E-state index is 0.0257. The van der Waals surface area contributed by atoms with Gasteiger partial charge >= 0.3 is 0 Å². The van der Waals surface area contributed by atoms with E-state index < -0.39 is 17.6 Å². The predicted molar refractivity (Wildman–Crippen MR) is 118 cm³/mol. The largest absolute Gasteiger partial charge is 0.290 e. The van der Waals surface area contributed by atoms with Crippen LogP contribution in [0.15, 0.2) is 53.3 Å². The highest BCUT2D eigenvalue weighted by molar-refractivity contribution is 6.06. The molecule has 2 heterocycles. The molecule has 2 N–H and O–H groups in total.